The van der Waals surface area contributed by atoms with Gasteiger partial charge in [0, 0.05) is 6.04 Å². The second-order valence-corrected chi connectivity index (χ2v) is 4.96. The van der Waals surface area contributed by atoms with E-state index in [4.69, 9.17) is 5.11 Å². The van der Waals surface area contributed by atoms with Crippen molar-refractivity contribution in [1.29, 1.82) is 0 Å². The molecule has 0 aliphatic rings. The largest absolute Gasteiger partial charge is 0.481 e. The maximum absolute atomic E-state index is 10.9. The van der Waals surface area contributed by atoms with Crippen LogP contribution in [0.25, 0.3) is 11.3 Å². The second-order valence-electron chi connectivity index (χ2n) is 4.96. The first-order chi connectivity index (χ1) is 9.00. The van der Waals surface area contributed by atoms with Crippen molar-refractivity contribution in [1.82, 2.24) is 9.55 Å². The summed E-state index contributed by atoms with van der Waals surface area (Å²) in [4.78, 5) is 15.1. The number of hydrogen-bond donors (Lipinski definition) is 1. The Morgan fingerprint density at radius 1 is 1.21 bits per heavy atom. The fraction of sp³-hybridized carbons (Fsp3) is 0.333. The van der Waals surface area contributed by atoms with Crippen LogP contribution in [0.2, 0.25) is 0 Å². The number of aromatic nitrogens is 2. The summed E-state index contributed by atoms with van der Waals surface area (Å²) in [6.07, 6.45) is 3.64. The van der Waals surface area contributed by atoms with Gasteiger partial charge in [-0.2, -0.15) is 0 Å². The molecule has 0 fully saturated rings. The second kappa shape index (κ2) is 5.26. The van der Waals surface area contributed by atoms with Crippen molar-refractivity contribution >= 4 is 5.97 Å². The molecular weight excluding hydrogens is 240 g/mol. The molecule has 0 saturated carbocycles. The minimum atomic E-state index is -0.806. The van der Waals surface area contributed by atoms with E-state index in [1.165, 1.54) is 0 Å². The van der Waals surface area contributed by atoms with Crippen molar-refractivity contribution in [3.05, 3.63) is 42.4 Å². The predicted octanol–water partition coefficient (Wildman–Crippen LogP) is 3.32. The number of carbonyl (C=O) groups is 1. The Bertz CT molecular complexity index is 570. The topological polar surface area (TPSA) is 55.1 Å². The van der Waals surface area contributed by atoms with Gasteiger partial charge in [-0.05, 0) is 31.9 Å². The lowest BCUT2D eigenvalue weighted by atomic mass is 9.99. The van der Waals surface area contributed by atoms with E-state index in [-0.39, 0.29) is 0 Å². The van der Waals surface area contributed by atoms with Crippen LogP contribution in [0.3, 0.4) is 0 Å². The molecule has 0 saturated heterocycles. The van der Waals surface area contributed by atoms with Crippen LogP contribution < -0.4 is 0 Å². The Morgan fingerprint density at radius 3 is 2.37 bits per heavy atom. The summed E-state index contributed by atoms with van der Waals surface area (Å²) in [5.41, 5.74) is 2.91. The molecule has 2 rings (SSSR count). The molecular formula is C15H18N2O2. The maximum atomic E-state index is 10.9. The molecule has 19 heavy (non-hydrogen) atoms. The highest BCUT2D eigenvalue weighted by Gasteiger charge is 2.14. The highest BCUT2D eigenvalue weighted by atomic mass is 16.4. The van der Waals surface area contributed by atoms with E-state index in [0.29, 0.717) is 6.04 Å². The minimum absolute atomic E-state index is 0.343. The fourth-order valence-electron chi connectivity index (χ4n) is 2.02. The summed E-state index contributed by atoms with van der Waals surface area (Å²) in [6.45, 7) is 5.90. The lowest BCUT2D eigenvalue weighted by molar-refractivity contribution is -0.138. The first-order valence-electron chi connectivity index (χ1n) is 6.35. The van der Waals surface area contributed by atoms with Crippen molar-refractivity contribution in [2.75, 3.05) is 0 Å². The molecule has 1 unspecified atom stereocenters. The Balaban J connectivity index is 2.32. The predicted molar refractivity (Wildman–Crippen MR) is 74.1 cm³/mol. The van der Waals surface area contributed by atoms with Crippen LogP contribution in [0, 0.1) is 0 Å². The Kier molecular flexibility index (Phi) is 3.69. The normalized spacial score (nSPS) is 12.6. The third-order valence-corrected chi connectivity index (χ3v) is 3.30. The van der Waals surface area contributed by atoms with Crippen molar-refractivity contribution < 1.29 is 9.90 Å². The molecule has 1 heterocycles. The van der Waals surface area contributed by atoms with Crippen LogP contribution in [-0.2, 0) is 4.79 Å². The van der Waals surface area contributed by atoms with Crippen molar-refractivity contribution in [3.63, 3.8) is 0 Å². The van der Waals surface area contributed by atoms with Gasteiger partial charge in [0.05, 0.1) is 24.1 Å². The molecule has 4 heteroatoms. The minimum Gasteiger partial charge on any atom is -0.481 e. The molecule has 2 aromatic rings. The van der Waals surface area contributed by atoms with Gasteiger partial charge in [-0.1, -0.05) is 24.3 Å². The molecule has 100 valence electrons. The lowest BCUT2D eigenvalue weighted by Crippen LogP contribution is -2.07. The van der Waals surface area contributed by atoms with Gasteiger partial charge in [-0.15, -0.1) is 0 Å². The molecule has 0 radical (unpaired) electrons. The zero-order valence-electron chi connectivity index (χ0n) is 11.4. The van der Waals surface area contributed by atoms with E-state index in [1.54, 1.807) is 6.92 Å². The molecule has 4 nitrogen and oxygen atoms in total. The number of hydrogen-bond acceptors (Lipinski definition) is 2. The summed E-state index contributed by atoms with van der Waals surface area (Å²) in [7, 11) is 0. The van der Waals surface area contributed by atoms with Crippen LogP contribution in [-0.4, -0.2) is 20.6 Å². The first-order valence-corrected chi connectivity index (χ1v) is 6.35. The van der Waals surface area contributed by atoms with Crippen LogP contribution >= 0.6 is 0 Å². The van der Waals surface area contributed by atoms with E-state index in [0.717, 1.165) is 16.8 Å². The van der Waals surface area contributed by atoms with E-state index in [9.17, 15) is 4.79 Å². The molecule has 0 aliphatic heterocycles. The van der Waals surface area contributed by atoms with E-state index in [1.807, 2.05) is 36.8 Å². The van der Waals surface area contributed by atoms with Gasteiger partial charge in [-0.3, -0.25) is 4.79 Å². The quantitative estimate of drug-likeness (QED) is 0.915. The molecule has 0 amide bonds. The molecule has 0 bridgehead atoms. The van der Waals surface area contributed by atoms with Gasteiger partial charge < -0.3 is 9.67 Å². The molecule has 1 N–H and O–H groups in total. The SMILES string of the molecule is CC(C(=O)O)c1ccc(-c2cncn2C(C)C)cc1. The van der Waals surface area contributed by atoms with E-state index >= 15 is 0 Å². The number of rotatable bonds is 4. The van der Waals surface area contributed by atoms with Gasteiger partial charge in [0.25, 0.3) is 0 Å². The first kappa shape index (κ1) is 13.3. The van der Waals surface area contributed by atoms with Gasteiger partial charge in [-0.25, -0.2) is 4.98 Å². The fourth-order valence-corrected chi connectivity index (χ4v) is 2.02. The zero-order valence-corrected chi connectivity index (χ0v) is 11.4. The highest BCUT2D eigenvalue weighted by Crippen LogP contribution is 2.24. The van der Waals surface area contributed by atoms with Crippen LogP contribution in [0.1, 0.15) is 38.3 Å². The Hall–Kier alpha value is -2.10. The zero-order chi connectivity index (χ0) is 14.0. The smallest absolute Gasteiger partial charge is 0.310 e. The molecule has 0 aliphatic carbocycles. The van der Waals surface area contributed by atoms with Crippen molar-refractivity contribution in [3.8, 4) is 11.3 Å². The van der Waals surface area contributed by atoms with Gasteiger partial charge in [0.2, 0.25) is 0 Å². The molecule has 1 aromatic carbocycles. The molecule has 1 atom stereocenters. The summed E-state index contributed by atoms with van der Waals surface area (Å²) in [5.74, 6) is -1.29. The number of carboxylic acids is 1. The summed E-state index contributed by atoms with van der Waals surface area (Å²) >= 11 is 0. The summed E-state index contributed by atoms with van der Waals surface area (Å²) < 4.78 is 2.09. The van der Waals surface area contributed by atoms with Crippen LogP contribution in [0.4, 0.5) is 0 Å². The maximum Gasteiger partial charge on any atom is 0.310 e. The average molecular weight is 258 g/mol. The number of aliphatic carboxylic acids is 1. The lowest BCUT2D eigenvalue weighted by Gasteiger charge is -2.12. The third-order valence-electron chi connectivity index (χ3n) is 3.30. The van der Waals surface area contributed by atoms with E-state index < -0.39 is 11.9 Å². The molecule has 0 spiro atoms. The summed E-state index contributed by atoms with van der Waals surface area (Å²) in [5, 5.41) is 8.99. The number of benzene rings is 1. The Labute approximate surface area is 112 Å². The van der Waals surface area contributed by atoms with Crippen molar-refractivity contribution in [2.45, 2.75) is 32.7 Å². The molecule has 1 aromatic heterocycles. The highest BCUT2D eigenvalue weighted by molar-refractivity contribution is 5.76. The standard InChI is InChI=1S/C15H18N2O2/c1-10(2)17-9-16-8-14(17)13-6-4-12(5-7-13)11(3)15(18)19/h4-11H,1-3H3,(H,18,19). The average Bonchev–Trinajstić information content (AvgIpc) is 2.87. The van der Waals surface area contributed by atoms with Crippen molar-refractivity contribution in [2.24, 2.45) is 0 Å². The Morgan fingerprint density at radius 2 is 1.84 bits per heavy atom. The summed E-state index contributed by atoms with van der Waals surface area (Å²) in [6, 6.07) is 7.97. The number of nitrogens with zero attached hydrogens (tertiary/aromatic N) is 2. The third kappa shape index (κ3) is 2.67. The number of imidazole rings is 1. The monoisotopic (exact) mass is 258 g/mol. The van der Waals surface area contributed by atoms with Crippen LogP contribution in [0.5, 0.6) is 0 Å². The van der Waals surface area contributed by atoms with Gasteiger partial charge in [0.1, 0.15) is 0 Å². The van der Waals surface area contributed by atoms with E-state index in [2.05, 4.69) is 23.4 Å². The van der Waals surface area contributed by atoms with Crippen LogP contribution in [0.15, 0.2) is 36.8 Å². The van der Waals surface area contributed by atoms with Gasteiger partial charge in [0.15, 0.2) is 0 Å². The number of carboxylic acid groups (broad SMARTS) is 1. The van der Waals surface area contributed by atoms with Gasteiger partial charge >= 0.3 is 5.97 Å².